The van der Waals surface area contributed by atoms with Crippen molar-refractivity contribution in [2.45, 2.75) is 32.0 Å². The molecule has 0 aromatic rings. The van der Waals surface area contributed by atoms with Crippen molar-refractivity contribution in [2.24, 2.45) is 0 Å². The van der Waals surface area contributed by atoms with E-state index in [4.69, 9.17) is 50.1 Å². The summed E-state index contributed by atoms with van der Waals surface area (Å²) in [6.45, 7) is 13.8. The van der Waals surface area contributed by atoms with Gasteiger partial charge in [0.1, 0.15) is 4.84 Å². The molecule has 0 saturated carbocycles. The first kappa shape index (κ1) is 30.4. The fraction of sp³-hybridized carbons (Fsp3) is 0.400. The molecule has 0 bridgehead atoms. The van der Waals surface area contributed by atoms with Gasteiger partial charge in [0.25, 0.3) is 0 Å². The first-order valence-electron chi connectivity index (χ1n) is 6.21. The number of carboxylic acids is 3. The average molecular weight is 406 g/mol. The van der Waals surface area contributed by atoms with Crippen LogP contribution >= 0.6 is 34.8 Å². The predicted octanol–water partition coefficient (Wildman–Crippen LogP) is 4.36. The van der Waals surface area contributed by atoms with Gasteiger partial charge in [-0.2, -0.15) is 0 Å². The summed E-state index contributed by atoms with van der Waals surface area (Å²) < 4.78 is 0. The number of carboxylic acid groups (broad SMARTS) is 3. The molecular weight excluding hydrogens is 383 g/mol. The Kier molecular flexibility index (Phi) is 24.7. The molecule has 0 aromatic carbocycles. The number of rotatable bonds is 5. The summed E-state index contributed by atoms with van der Waals surface area (Å²) in [5.41, 5.74) is 0.528. The number of hydrogen-bond acceptors (Lipinski definition) is 3. The summed E-state index contributed by atoms with van der Waals surface area (Å²) >= 11 is 15.7. The van der Waals surface area contributed by atoms with Crippen LogP contribution in [0.2, 0.25) is 0 Å². The molecule has 0 aliphatic heterocycles. The van der Waals surface area contributed by atoms with E-state index in [1.807, 2.05) is 0 Å². The van der Waals surface area contributed by atoms with Gasteiger partial charge in [-0.25, -0.2) is 14.4 Å². The predicted molar refractivity (Wildman–Crippen MR) is 98.2 cm³/mol. The van der Waals surface area contributed by atoms with Crippen LogP contribution in [0.4, 0.5) is 0 Å². The first-order valence-corrected chi connectivity index (χ1v) is 7.61. The second kappa shape index (κ2) is 19.5. The maximum Gasteiger partial charge on any atom is 0.330 e. The second-order valence-electron chi connectivity index (χ2n) is 4.13. The van der Waals surface area contributed by atoms with Crippen LogP contribution in [0.1, 0.15) is 27.2 Å². The molecule has 0 aliphatic carbocycles. The third-order valence-electron chi connectivity index (χ3n) is 1.42. The topological polar surface area (TPSA) is 112 Å². The summed E-state index contributed by atoms with van der Waals surface area (Å²) in [4.78, 5) is 28.5. The Hall–Kier alpha value is -1.50. The largest absolute Gasteiger partial charge is 0.478 e. The van der Waals surface area contributed by atoms with E-state index >= 15 is 0 Å². The molecule has 140 valence electrons. The number of carbonyl (C=O) groups is 3. The maximum absolute atomic E-state index is 9.60. The van der Waals surface area contributed by atoms with E-state index in [9.17, 15) is 14.4 Å². The molecule has 0 amide bonds. The minimum absolute atomic E-state index is 0.176. The maximum atomic E-state index is 9.60. The monoisotopic (exact) mass is 404 g/mol. The summed E-state index contributed by atoms with van der Waals surface area (Å²) in [6.07, 6.45) is 0.671. The fourth-order valence-corrected chi connectivity index (χ4v) is 0.742. The molecule has 0 saturated heterocycles. The summed E-state index contributed by atoms with van der Waals surface area (Å²) in [5, 5.41) is 23.7. The van der Waals surface area contributed by atoms with E-state index in [0.29, 0.717) is 12.3 Å². The zero-order chi connectivity index (χ0) is 20.5. The van der Waals surface area contributed by atoms with Crippen LogP contribution in [0.15, 0.2) is 36.5 Å². The molecule has 0 aromatic heterocycles. The van der Waals surface area contributed by atoms with Crippen LogP contribution in [-0.4, -0.2) is 43.9 Å². The van der Waals surface area contributed by atoms with E-state index in [-0.39, 0.29) is 21.6 Å². The Bertz CT molecular complexity index is 351. The molecule has 9 heteroatoms. The van der Waals surface area contributed by atoms with Crippen LogP contribution in [0.25, 0.3) is 0 Å². The smallest absolute Gasteiger partial charge is 0.330 e. The van der Waals surface area contributed by atoms with Gasteiger partial charge >= 0.3 is 17.9 Å². The normalized spacial score (nSPS) is 8.12. The molecule has 0 fully saturated rings. The molecule has 6 nitrogen and oxygen atoms in total. The van der Waals surface area contributed by atoms with Gasteiger partial charge in [0, 0.05) is 22.6 Å². The van der Waals surface area contributed by atoms with Crippen LogP contribution in [0.3, 0.4) is 0 Å². The van der Waals surface area contributed by atoms with Crippen LogP contribution in [-0.2, 0) is 14.4 Å². The van der Waals surface area contributed by atoms with Gasteiger partial charge in [-0.1, -0.05) is 19.7 Å². The van der Waals surface area contributed by atoms with Crippen molar-refractivity contribution in [3.63, 3.8) is 0 Å². The second-order valence-corrected chi connectivity index (χ2v) is 5.78. The number of hydrogen-bond donors (Lipinski definition) is 3. The summed E-state index contributed by atoms with van der Waals surface area (Å²) in [6, 6.07) is 0. The van der Waals surface area contributed by atoms with Gasteiger partial charge < -0.3 is 15.3 Å². The van der Waals surface area contributed by atoms with Crippen molar-refractivity contribution in [3.8, 4) is 0 Å². The molecule has 0 radical (unpaired) electrons. The molecule has 3 N–H and O–H groups in total. The van der Waals surface area contributed by atoms with Gasteiger partial charge in [0.2, 0.25) is 0 Å². The van der Waals surface area contributed by atoms with Gasteiger partial charge in [-0.3, -0.25) is 0 Å². The quantitative estimate of drug-likeness (QED) is 0.463. The minimum atomic E-state index is -0.935. The van der Waals surface area contributed by atoms with E-state index < -0.39 is 17.9 Å². The lowest BCUT2D eigenvalue weighted by molar-refractivity contribution is -0.133. The SMILES string of the molecule is C=C(C)C(=O)O.C=C(C)C(=O)O.C=C(C)C(=O)O.ClCCC(Cl)Cl. The zero-order valence-electron chi connectivity index (χ0n) is 13.8. The number of halogens is 3. The molecule has 0 unspecified atom stereocenters. The van der Waals surface area contributed by atoms with E-state index in [1.165, 1.54) is 20.8 Å². The van der Waals surface area contributed by atoms with Crippen molar-refractivity contribution < 1.29 is 29.7 Å². The summed E-state index contributed by atoms with van der Waals surface area (Å²) in [7, 11) is 0. The highest BCUT2D eigenvalue weighted by molar-refractivity contribution is 6.44. The number of alkyl halides is 3. The molecule has 0 atom stereocenters. The van der Waals surface area contributed by atoms with Crippen LogP contribution in [0, 0.1) is 0 Å². The third kappa shape index (κ3) is 42.8. The van der Waals surface area contributed by atoms with Crippen molar-refractivity contribution >= 4 is 52.7 Å². The highest BCUT2D eigenvalue weighted by Gasteiger charge is 1.93. The van der Waals surface area contributed by atoms with Crippen molar-refractivity contribution in [1.82, 2.24) is 0 Å². The minimum Gasteiger partial charge on any atom is -0.478 e. The highest BCUT2D eigenvalue weighted by Crippen LogP contribution is 2.06. The van der Waals surface area contributed by atoms with Crippen molar-refractivity contribution in [2.75, 3.05) is 5.88 Å². The Morgan fingerprint density at radius 2 is 0.958 bits per heavy atom. The lowest BCUT2D eigenvalue weighted by Crippen LogP contribution is -1.92. The van der Waals surface area contributed by atoms with Gasteiger partial charge in [-0.05, 0) is 27.2 Å². The number of aliphatic carboxylic acids is 3. The van der Waals surface area contributed by atoms with Crippen LogP contribution < -0.4 is 0 Å². The standard InChI is InChI=1S/3C4H6O2.C3H5Cl3/c3*1-3(2)4(5)6;4-2-1-3(5)6/h3*1H2,2H3,(H,5,6);3H,1-2H2. The Labute approximate surface area is 157 Å². The van der Waals surface area contributed by atoms with E-state index in [2.05, 4.69) is 19.7 Å². The Morgan fingerprint density at radius 3 is 0.958 bits per heavy atom. The fourth-order valence-electron chi connectivity index (χ4n) is 0.0825. The molecule has 0 rings (SSSR count). The van der Waals surface area contributed by atoms with Gasteiger partial charge in [0.05, 0.1) is 0 Å². The summed E-state index contributed by atoms with van der Waals surface area (Å²) in [5.74, 6) is -2.27. The first-order chi connectivity index (χ1) is 10.7. The Morgan fingerprint density at radius 1 is 0.792 bits per heavy atom. The van der Waals surface area contributed by atoms with E-state index in [1.54, 1.807) is 0 Å². The van der Waals surface area contributed by atoms with E-state index in [0.717, 1.165) is 0 Å². The highest BCUT2D eigenvalue weighted by atomic mass is 35.5. The van der Waals surface area contributed by atoms with Gasteiger partial charge in [0.15, 0.2) is 0 Å². The van der Waals surface area contributed by atoms with Crippen molar-refractivity contribution in [3.05, 3.63) is 36.5 Å². The molecule has 0 aliphatic rings. The average Bonchev–Trinajstić information content (AvgIpc) is 2.40. The lowest BCUT2D eigenvalue weighted by atomic mass is 10.4. The Balaban J connectivity index is -0.000000111. The molecule has 24 heavy (non-hydrogen) atoms. The zero-order valence-corrected chi connectivity index (χ0v) is 16.1. The molecule has 0 spiro atoms. The van der Waals surface area contributed by atoms with Gasteiger partial charge in [-0.15, -0.1) is 34.8 Å². The van der Waals surface area contributed by atoms with Crippen LogP contribution in [0.5, 0.6) is 0 Å². The molecule has 0 heterocycles. The van der Waals surface area contributed by atoms with Crippen molar-refractivity contribution in [1.29, 1.82) is 0 Å². The molecular formula is C15H23Cl3O6. The third-order valence-corrected chi connectivity index (χ3v) is 2.08. The lowest BCUT2D eigenvalue weighted by Gasteiger charge is -1.89.